The van der Waals surface area contributed by atoms with Gasteiger partial charge in [-0.2, -0.15) is 36.9 Å². The Morgan fingerprint density at radius 1 is 1.10 bits per heavy atom. The van der Waals surface area contributed by atoms with Crippen LogP contribution in [0.2, 0.25) is 5.02 Å². The summed E-state index contributed by atoms with van der Waals surface area (Å²) in [4.78, 5) is 4.16. The molecular weight excluding hydrogens is 577 g/mol. The average molecular weight is 596 g/mol. The van der Waals surface area contributed by atoms with Gasteiger partial charge in [0.25, 0.3) is 0 Å². The third kappa shape index (κ3) is 6.02. The summed E-state index contributed by atoms with van der Waals surface area (Å²) in [6.07, 6.45) is 1.64. The van der Waals surface area contributed by atoms with Gasteiger partial charge in [0, 0.05) is 41.9 Å². The van der Waals surface area contributed by atoms with Crippen molar-refractivity contribution in [2.24, 2.45) is 7.05 Å². The number of hydrogen-bond acceptors (Lipinski definition) is 7. The first-order valence-electron chi connectivity index (χ1n) is 11.8. The summed E-state index contributed by atoms with van der Waals surface area (Å²) in [6, 6.07) is 6.56. The molecule has 4 heterocycles. The molecule has 1 unspecified atom stereocenters. The first-order chi connectivity index (χ1) is 19.5. The molecule has 1 aromatic carbocycles. The molecule has 214 valence electrons. The third-order valence-corrected chi connectivity index (χ3v) is 6.35. The minimum absolute atomic E-state index is 0.0343. The second kappa shape index (κ2) is 11.2. The highest BCUT2D eigenvalue weighted by Gasteiger charge is 2.35. The Labute approximate surface area is 233 Å². The summed E-state index contributed by atoms with van der Waals surface area (Å²) in [5.74, 6) is 0.499. The molecule has 5 rings (SSSR count). The molecule has 0 saturated heterocycles. The third-order valence-electron chi connectivity index (χ3n) is 6.11. The van der Waals surface area contributed by atoms with Crippen LogP contribution in [0.4, 0.5) is 22.0 Å². The van der Waals surface area contributed by atoms with E-state index in [1.165, 1.54) is 52.4 Å². The lowest BCUT2D eigenvalue weighted by atomic mass is 10.0. The molecule has 0 bridgehead atoms. The van der Waals surface area contributed by atoms with Gasteiger partial charge in [-0.15, -0.1) is 5.10 Å². The molecule has 0 saturated carbocycles. The topological polar surface area (TPSA) is 115 Å². The zero-order valence-electron chi connectivity index (χ0n) is 21.0. The van der Waals surface area contributed by atoms with Crippen LogP contribution in [-0.4, -0.2) is 52.8 Å². The molecule has 0 N–H and O–H groups in total. The lowest BCUT2D eigenvalue weighted by Gasteiger charge is -2.18. The van der Waals surface area contributed by atoms with Crippen molar-refractivity contribution in [2.45, 2.75) is 25.3 Å². The number of rotatable bonds is 9. The monoisotopic (exact) mass is 595 g/mol. The Bertz CT molecular complexity index is 1670. The maximum absolute atomic E-state index is 13.3. The largest absolute Gasteiger partial charge is 0.618 e. The molecule has 1 atom stereocenters. The smallest absolute Gasteiger partial charge is 0.436 e. The molecule has 4 aromatic heterocycles. The van der Waals surface area contributed by atoms with Gasteiger partial charge in [-0.1, -0.05) is 16.8 Å². The molecule has 41 heavy (non-hydrogen) atoms. The van der Waals surface area contributed by atoms with E-state index in [4.69, 9.17) is 11.6 Å². The zero-order chi connectivity index (χ0) is 29.3. The molecule has 11 nitrogen and oxygen atoms in total. The van der Waals surface area contributed by atoms with Crippen molar-refractivity contribution in [1.82, 2.24) is 39.5 Å². The van der Waals surface area contributed by atoms with Gasteiger partial charge in [-0.25, -0.2) is 14.3 Å². The summed E-state index contributed by atoms with van der Waals surface area (Å²) < 4.78 is 73.6. The summed E-state index contributed by atoms with van der Waals surface area (Å²) in [5, 5.41) is 28.7. The van der Waals surface area contributed by atoms with E-state index in [0.717, 1.165) is 10.9 Å². The lowest BCUT2D eigenvalue weighted by Crippen LogP contribution is -2.36. The molecule has 0 fully saturated rings. The van der Waals surface area contributed by atoms with Crippen LogP contribution in [0.15, 0.2) is 61.4 Å². The number of pyridine rings is 1. The number of halogens is 6. The van der Waals surface area contributed by atoms with Crippen molar-refractivity contribution in [2.75, 3.05) is 6.61 Å². The highest BCUT2D eigenvalue weighted by molar-refractivity contribution is 6.31. The van der Waals surface area contributed by atoms with Gasteiger partial charge in [0.15, 0.2) is 17.7 Å². The van der Waals surface area contributed by atoms with Gasteiger partial charge >= 0.3 is 12.8 Å². The number of benzene rings is 1. The van der Waals surface area contributed by atoms with E-state index < -0.39 is 24.5 Å². The maximum atomic E-state index is 13.3. The number of alkyl halides is 5. The lowest BCUT2D eigenvalue weighted by molar-refractivity contribution is -0.615. The predicted octanol–water partition coefficient (Wildman–Crippen LogP) is 4.45. The highest BCUT2D eigenvalue weighted by atomic mass is 35.5. The predicted molar refractivity (Wildman–Crippen MR) is 133 cm³/mol. The van der Waals surface area contributed by atoms with Crippen LogP contribution in [0.3, 0.4) is 0 Å². The van der Waals surface area contributed by atoms with Gasteiger partial charge in [0.05, 0.1) is 30.3 Å². The normalized spacial score (nSPS) is 12.8. The number of hydrogen-bond donors (Lipinski definition) is 0. The summed E-state index contributed by atoms with van der Waals surface area (Å²) in [5.41, 5.74) is 0.312. The number of nitrogens with zero attached hydrogens (tertiary/aromatic N) is 9. The van der Waals surface area contributed by atoms with E-state index in [-0.39, 0.29) is 29.4 Å². The van der Waals surface area contributed by atoms with Crippen molar-refractivity contribution < 1.29 is 31.4 Å². The minimum Gasteiger partial charge on any atom is -0.618 e. The van der Waals surface area contributed by atoms with Crippen molar-refractivity contribution >= 4 is 11.6 Å². The second-order valence-electron chi connectivity index (χ2n) is 8.73. The Morgan fingerprint density at radius 3 is 2.56 bits per heavy atom. The SMILES string of the molecule is Cn1ncnc1-c1cnn(C(CCOC(F)F)c2ccc(-c3cc(Cl)ccc3-n3cc(C(F)(F)F)nn3)c[n+]2[O-])c1. The van der Waals surface area contributed by atoms with Crippen LogP contribution in [0.1, 0.15) is 23.9 Å². The first-order valence-corrected chi connectivity index (χ1v) is 12.2. The van der Waals surface area contributed by atoms with E-state index in [1.807, 2.05) is 0 Å². The first kappa shape index (κ1) is 28.1. The van der Waals surface area contributed by atoms with E-state index in [1.54, 1.807) is 19.3 Å². The molecule has 0 aliphatic rings. The van der Waals surface area contributed by atoms with Gasteiger partial charge in [-0.3, -0.25) is 4.68 Å². The fourth-order valence-electron chi connectivity index (χ4n) is 4.23. The van der Waals surface area contributed by atoms with Crippen LogP contribution in [0.5, 0.6) is 0 Å². The van der Waals surface area contributed by atoms with E-state index in [9.17, 15) is 27.2 Å². The summed E-state index contributed by atoms with van der Waals surface area (Å²) in [6.45, 7) is -3.38. The number of aryl methyl sites for hydroxylation is 1. The van der Waals surface area contributed by atoms with Crippen LogP contribution < -0.4 is 4.73 Å². The number of aromatic nitrogens is 9. The van der Waals surface area contributed by atoms with Gasteiger partial charge in [0.2, 0.25) is 5.69 Å². The Kier molecular flexibility index (Phi) is 7.68. The Balaban J connectivity index is 1.52. The van der Waals surface area contributed by atoms with Crippen LogP contribution in [0.25, 0.3) is 28.2 Å². The van der Waals surface area contributed by atoms with E-state index in [2.05, 4.69) is 30.2 Å². The zero-order valence-corrected chi connectivity index (χ0v) is 21.7. The van der Waals surface area contributed by atoms with Crippen LogP contribution in [0, 0.1) is 5.21 Å². The van der Waals surface area contributed by atoms with Crippen molar-refractivity contribution in [1.29, 1.82) is 0 Å². The second-order valence-corrected chi connectivity index (χ2v) is 9.16. The summed E-state index contributed by atoms with van der Waals surface area (Å²) >= 11 is 6.16. The van der Waals surface area contributed by atoms with Crippen LogP contribution >= 0.6 is 11.6 Å². The molecule has 0 aliphatic carbocycles. The Hall–Kier alpha value is -4.44. The van der Waals surface area contributed by atoms with Gasteiger partial charge in [0.1, 0.15) is 12.4 Å². The van der Waals surface area contributed by atoms with Gasteiger partial charge in [-0.05, 0) is 24.3 Å². The fourth-order valence-corrected chi connectivity index (χ4v) is 4.40. The molecule has 17 heteroatoms. The van der Waals surface area contributed by atoms with E-state index in [0.29, 0.717) is 27.2 Å². The molecule has 5 aromatic rings. The average Bonchev–Trinajstić information content (AvgIpc) is 3.67. The standard InChI is InChI=1S/C24H19ClF5N9O2/c1-36-22(31-13-33-36)15-9-32-37(10-15)19(6-7-41-23(26)27)20-4-2-14(11-39(20)40)17-8-16(25)3-5-18(17)38-12-21(34-35-38)24(28,29)30/h2-5,8-13,19,23H,6-7H2,1H3. The van der Waals surface area contributed by atoms with E-state index >= 15 is 0 Å². The molecule has 0 radical (unpaired) electrons. The Morgan fingerprint density at radius 2 is 1.90 bits per heavy atom. The van der Waals surface area contributed by atoms with Crippen molar-refractivity contribution in [3.05, 3.63) is 83.1 Å². The molecule has 0 aliphatic heterocycles. The minimum atomic E-state index is -4.70. The maximum Gasteiger partial charge on any atom is 0.436 e. The van der Waals surface area contributed by atoms with Gasteiger partial charge < -0.3 is 9.94 Å². The van der Waals surface area contributed by atoms with Crippen molar-refractivity contribution in [3.8, 4) is 28.2 Å². The fraction of sp³-hybridized carbons (Fsp3) is 0.250. The molecule has 0 amide bonds. The highest BCUT2D eigenvalue weighted by Crippen LogP contribution is 2.32. The number of ether oxygens (including phenoxy) is 1. The summed E-state index contributed by atoms with van der Waals surface area (Å²) in [7, 11) is 1.69. The van der Waals surface area contributed by atoms with Crippen LogP contribution in [-0.2, 0) is 18.0 Å². The molecule has 0 spiro atoms. The van der Waals surface area contributed by atoms with Crippen molar-refractivity contribution in [3.63, 3.8) is 0 Å². The quantitative estimate of drug-likeness (QED) is 0.140. The molecular formula is C24H19ClF5N9O2.